The highest BCUT2D eigenvalue weighted by Gasteiger charge is 2.25. The number of nitrogens with zero attached hydrogens (tertiary/aromatic N) is 2. The van der Waals surface area contributed by atoms with Gasteiger partial charge in [-0.3, -0.25) is 0 Å². The maximum atomic E-state index is 4.98. The second-order valence-electron chi connectivity index (χ2n) is 4.49. The quantitative estimate of drug-likeness (QED) is 0.805. The lowest BCUT2D eigenvalue weighted by Gasteiger charge is -2.03. The van der Waals surface area contributed by atoms with Gasteiger partial charge in [-0.25, -0.2) is 4.98 Å². The third-order valence-electron chi connectivity index (χ3n) is 3.08. The van der Waals surface area contributed by atoms with Crippen LogP contribution in [0.4, 0.5) is 5.13 Å². The summed E-state index contributed by atoms with van der Waals surface area (Å²) >= 11 is 1.46. The zero-order valence-corrected chi connectivity index (χ0v) is 10.7. The first kappa shape index (κ1) is 11.8. The van der Waals surface area contributed by atoms with Gasteiger partial charge in [-0.15, -0.1) is 0 Å². The summed E-state index contributed by atoms with van der Waals surface area (Å²) in [6, 6.07) is 0. The minimum absolute atomic E-state index is 0.587. The molecule has 2 atom stereocenters. The summed E-state index contributed by atoms with van der Waals surface area (Å²) < 4.78 is 9.42. The van der Waals surface area contributed by atoms with Crippen LogP contribution in [0.5, 0.6) is 0 Å². The Balaban J connectivity index is 1.87. The number of rotatable bonds is 5. The minimum atomic E-state index is 0.587. The molecule has 0 radical (unpaired) electrons. The molecule has 0 aliphatic heterocycles. The summed E-state index contributed by atoms with van der Waals surface area (Å²) in [5, 5.41) is 4.14. The highest BCUT2D eigenvalue weighted by atomic mass is 32.1. The van der Waals surface area contributed by atoms with E-state index >= 15 is 0 Å². The molecule has 1 aromatic rings. The maximum Gasteiger partial charge on any atom is 0.202 e. The molecule has 2 unspecified atom stereocenters. The van der Waals surface area contributed by atoms with Gasteiger partial charge in [0.05, 0.1) is 6.61 Å². The molecule has 1 heterocycles. The highest BCUT2D eigenvalue weighted by molar-refractivity contribution is 7.09. The van der Waals surface area contributed by atoms with Crippen molar-refractivity contribution >= 4 is 16.7 Å². The zero-order valence-electron chi connectivity index (χ0n) is 9.90. The largest absolute Gasteiger partial charge is 0.383 e. The molecule has 0 amide bonds. The van der Waals surface area contributed by atoms with Crippen LogP contribution in [0.1, 0.15) is 37.9 Å². The Hall–Kier alpha value is -0.680. The number of hydrogen-bond acceptors (Lipinski definition) is 5. The standard InChI is InChI=1S/C11H19N3OS/c1-8-3-4-9(7-8)10-13-11(16-14-10)12-5-6-15-2/h8-9H,3-7H2,1-2H3,(H,12,13,14). The smallest absolute Gasteiger partial charge is 0.202 e. The number of nitrogens with one attached hydrogen (secondary N) is 1. The molecule has 16 heavy (non-hydrogen) atoms. The van der Waals surface area contributed by atoms with E-state index in [4.69, 9.17) is 4.74 Å². The van der Waals surface area contributed by atoms with Gasteiger partial charge in [0.25, 0.3) is 0 Å². The summed E-state index contributed by atoms with van der Waals surface area (Å²) in [4.78, 5) is 4.54. The lowest BCUT2D eigenvalue weighted by atomic mass is 10.1. The fourth-order valence-corrected chi connectivity index (χ4v) is 2.84. The summed E-state index contributed by atoms with van der Waals surface area (Å²) in [6.45, 7) is 3.81. The second-order valence-corrected chi connectivity index (χ2v) is 5.24. The van der Waals surface area contributed by atoms with Gasteiger partial charge in [0.1, 0.15) is 5.82 Å². The van der Waals surface area contributed by atoms with E-state index in [0.29, 0.717) is 12.5 Å². The molecule has 2 rings (SSSR count). The predicted octanol–water partition coefficient (Wildman–Crippen LogP) is 2.50. The van der Waals surface area contributed by atoms with Crippen molar-refractivity contribution in [3.05, 3.63) is 5.82 Å². The fraction of sp³-hybridized carbons (Fsp3) is 0.818. The van der Waals surface area contributed by atoms with Crippen LogP contribution in [0, 0.1) is 5.92 Å². The van der Waals surface area contributed by atoms with E-state index in [-0.39, 0.29) is 0 Å². The van der Waals surface area contributed by atoms with Gasteiger partial charge in [-0.05, 0) is 25.2 Å². The van der Waals surface area contributed by atoms with Crippen molar-refractivity contribution in [2.24, 2.45) is 5.92 Å². The minimum Gasteiger partial charge on any atom is -0.383 e. The molecule has 1 aliphatic rings. The summed E-state index contributed by atoms with van der Waals surface area (Å²) in [6.07, 6.45) is 3.81. The Kier molecular flexibility index (Phi) is 4.12. The van der Waals surface area contributed by atoms with Crippen molar-refractivity contribution in [3.63, 3.8) is 0 Å². The Bertz CT molecular complexity index is 329. The van der Waals surface area contributed by atoms with E-state index in [0.717, 1.165) is 23.4 Å². The molecule has 0 aromatic carbocycles. The van der Waals surface area contributed by atoms with Crippen LogP contribution < -0.4 is 5.32 Å². The molecular formula is C11H19N3OS. The molecule has 0 bridgehead atoms. The van der Waals surface area contributed by atoms with Crippen LogP contribution in [-0.2, 0) is 4.74 Å². The topological polar surface area (TPSA) is 47.0 Å². The van der Waals surface area contributed by atoms with E-state index in [1.165, 1.54) is 30.8 Å². The predicted molar refractivity (Wildman–Crippen MR) is 66.0 cm³/mol. The molecule has 5 heteroatoms. The van der Waals surface area contributed by atoms with E-state index in [1.807, 2.05) is 0 Å². The van der Waals surface area contributed by atoms with Crippen molar-refractivity contribution in [2.75, 3.05) is 25.6 Å². The van der Waals surface area contributed by atoms with Crippen LogP contribution >= 0.6 is 11.5 Å². The second kappa shape index (κ2) is 5.59. The third kappa shape index (κ3) is 2.92. The molecule has 4 nitrogen and oxygen atoms in total. The van der Waals surface area contributed by atoms with Gasteiger partial charge in [0.2, 0.25) is 5.13 Å². The molecule has 1 aromatic heterocycles. The Morgan fingerprint density at radius 1 is 1.50 bits per heavy atom. The number of anilines is 1. The fourth-order valence-electron chi connectivity index (χ4n) is 2.17. The summed E-state index contributed by atoms with van der Waals surface area (Å²) in [5.41, 5.74) is 0. The van der Waals surface area contributed by atoms with Gasteiger partial charge < -0.3 is 10.1 Å². The van der Waals surface area contributed by atoms with Crippen LogP contribution in [0.3, 0.4) is 0 Å². The lowest BCUT2D eigenvalue weighted by Crippen LogP contribution is -2.07. The Morgan fingerprint density at radius 2 is 2.38 bits per heavy atom. The van der Waals surface area contributed by atoms with Crippen LogP contribution in [-0.4, -0.2) is 29.6 Å². The number of aromatic nitrogens is 2. The maximum absolute atomic E-state index is 4.98. The lowest BCUT2D eigenvalue weighted by molar-refractivity contribution is 0.211. The van der Waals surface area contributed by atoms with Crippen molar-refractivity contribution < 1.29 is 4.74 Å². The number of methoxy groups -OCH3 is 1. The summed E-state index contributed by atoms with van der Waals surface area (Å²) in [5.74, 6) is 2.46. The van der Waals surface area contributed by atoms with Crippen LogP contribution in [0.25, 0.3) is 0 Å². The Labute approximate surface area is 101 Å². The molecular weight excluding hydrogens is 222 g/mol. The molecule has 1 N–H and O–H groups in total. The van der Waals surface area contributed by atoms with Gasteiger partial charge >= 0.3 is 0 Å². The van der Waals surface area contributed by atoms with Crippen molar-refractivity contribution in [3.8, 4) is 0 Å². The van der Waals surface area contributed by atoms with Crippen LogP contribution in [0.2, 0.25) is 0 Å². The van der Waals surface area contributed by atoms with Gasteiger partial charge in [0, 0.05) is 31.1 Å². The third-order valence-corrected chi connectivity index (χ3v) is 3.77. The van der Waals surface area contributed by atoms with E-state index in [1.54, 1.807) is 7.11 Å². The van der Waals surface area contributed by atoms with Crippen molar-refractivity contribution in [1.29, 1.82) is 0 Å². The molecule has 90 valence electrons. The Morgan fingerprint density at radius 3 is 3.06 bits per heavy atom. The average molecular weight is 241 g/mol. The highest BCUT2D eigenvalue weighted by Crippen LogP contribution is 2.37. The van der Waals surface area contributed by atoms with E-state index in [9.17, 15) is 0 Å². The molecule has 1 fully saturated rings. The van der Waals surface area contributed by atoms with Gasteiger partial charge in [-0.2, -0.15) is 4.37 Å². The SMILES string of the molecule is COCCNc1nc(C2CCC(C)C2)ns1. The molecule has 0 spiro atoms. The molecule has 1 saturated carbocycles. The summed E-state index contributed by atoms with van der Waals surface area (Å²) in [7, 11) is 1.70. The van der Waals surface area contributed by atoms with Crippen LogP contribution in [0.15, 0.2) is 0 Å². The van der Waals surface area contributed by atoms with E-state index in [2.05, 4.69) is 21.6 Å². The molecule has 0 saturated heterocycles. The molecule has 1 aliphatic carbocycles. The monoisotopic (exact) mass is 241 g/mol. The normalized spacial score (nSPS) is 24.9. The van der Waals surface area contributed by atoms with Gasteiger partial charge in [-0.1, -0.05) is 6.92 Å². The first-order valence-electron chi connectivity index (χ1n) is 5.86. The number of ether oxygens (including phenoxy) is 1. The average Bonchev–Trinajstić information content (AvgIpc) is 2.87. The van der Waals surface area contributed by atoms with Crippen molar-refractivity contribution in [2.45, 2.75) is 32.1 Å². The van der Waals surface area contributed by atoms with Crippen molar-refractivity contribution in [1.82, 2.24) is 9.36 Å². The zero-order chi connectivity index (χ0) is 11.4. The first-order valence-corrected chi connectivity index (χ1v) is 6.63. The van der Waals surface area contributed by atoms with Gasteiger partial charge in [0.15, 0.2) is 0 Å². The van der Waals surface area contributed by atoms with E-state index < -0.39 is 0 Å². The number of hydrogen-bond donors (Lipinski definition) is 1. The first-order chi connectivity index (χ1) is 7.79.